The molecule has 3 aromatic rings. The van der Waals surface area contributed by atoms with E-state index in [1.807, 2.05) is 43.3 Å². The minimum Gasteiger partial charge on any atom is -0.377 e. The van der Waals surface area contributed by atoms with Crippen molar-refractivity contribution in [3.8, 4) is 0 Å². The largest absolute Gasteiger partial charge is 0.446 e. The molecule has 6 nitrogen and oxygen atoms in total. The number of thioether (sulfide) groups is 1. The van der Waals surface area contributed by atoms with Crippen LogP contribution in [0, 0.1) is 0 Å². The zero-order valence-electron chi connectivity index (χ0n) is 18.5. The van der Waals surface area contributed by atoms with Gasteiger partial charge in [0.25, 0.3) is 5.91 Å². The van der Waals surface area contributed by atoms with E-state index in [4.69, 9.17) is 0 Å². The summed E-state index contributed by atoms with van der Waals surface area (Å²) in [5, 5.41) is 0.915. The molecule has 0 bridgehead atoms. The Bertz CT molecular complexity index is 1280. The maximum atomic E-state index is 13.5. The number of hydrogen-bond acceptors (Lipinski definition) is 5. The maximum Gasteiger partial charge on any atom is 0.446 e. The van der Waals surface area contributed by atoms with E-state index in [0.29, 0.717) is 12.8 Å². The van der Waals surface area contributed by atoms with E-state index in [-0.39, 0.29) is 34.8 Å². The van der Waals surface area contributed by atoms with Gasteiger partial charge in [0.2, 0.25) is 0 Å². The number of nitrogens with zero attached hydrogens (tertiary/aromatic N) is 4. The van der Waals surface area contributed by atoms with Gasteiger partial charge < -0.3 is 9.80 Å². The molecule has 1 saturated carbocycles. The van der Waals surface area contributed by atoms with Crippen molar-refractivity contribution in [1.82, 2.24) is 9.88 Å². The smallest absolute Gasteiger partial charge is 0.377 e. The fourth-order valence-electron chi connectivity index (χ4n) is 4.49. The molecule has 0 radical (unpaired) electrons. The van der Waals surface area contributed by atoms with Crippen LogP contribution in [0.5, 0.6) is 0 Å². The first kappa shape index (κ1) is 22.5. The predicted molar refractivity (Wildman–Crippen MR) is 125 cm³/mol. The lowest BCUT2D eigenvalue weighted by atomic mass is 10.1. The zero-order valence-corrected chi connectivity index (χ0v) is 19.3. The van der Waals surface area contributed by atoms with E-state index < -0.39 is 17.1 Å². The van der Waals surface area contributed by atoms with Crippen LogP contribution < -0.4 is 9.80 Å². The second-order valence-electron chi connectivity index (χ2n) is 8.62. The van der Waals surface area contributed by atoms with Crippen LogP contribution in [0.2, 0.25) is 0 Å². The lowest BCUT2D eigenvalue weighted by Gasteiger charge is -2.24. The average molecular weight is 487 g/mol. The van der Waals surface area contributed by atoms with Crippen molar-refractivity contribution in [1.29, 1.82) is 0 Å². The van der Waals surface area contributed by atoms with E-state index in [1.54, 1.807) is 11.1 Å². The number of fused-ring (bicyclic) bond motifs is 1. The van der Waals surface area contributed by atoms with Gasteiger partial charge in [0.15, 0.2) is 0 Å². The molecule has 2 fully saturated rings. The SMILES string of the molecule is CN(C)c1cccc2nccc(CN3C(=O)N(c4ccc(SC(F)(F)F)cc4)C(=O)C34CC4)c12. The van der Waals surface area contributed by atoms with Crippen LogP contribution in [-0.4, -0.2) is 47.0 Å². The van der Waals surface area contributed by atoms with Crippen molar-refractivity contribution in [3.63, 3.8) is 0 Å². The standard InChI is InChI=1S/C24H21F3N4O2S/c1-29(2)19-5-3-4-18-20(19)15(10-13-28-18)14-30-22(33)31(21(32)23(30)11-12-23)16-6-8-17(9-7-16)34-24(25,26)27/h3-10,13H,11-12,14H2,1-2H3. The van der Waals surface area contributed by atoms with Crippen molar-refractivity contribution in [2.45, 2.75) is 35.3 Å². The third-order valence-electron chi connectivity index (χ3n) is 6.23. The first-order chi connectivity index (χ1) is 16.1. The average Bonchev–Trinajstić information content (AvgIpc) is 3.55. The number of alkyl halides is 3. The Labute approximate surface area is 198 Å². The summed E-state index contributed by atoms with van der Waals surface area (Å²) in [5.41, 5.74) is -2.42. The van der Waals surface area contributed by atoms with Crippen LogP contribution in [0.25, 0.3) is 10.9 Å². The van der Waals surface area contributed by atoms with Gasteiger partial charge >= 0.3 is 11.5 Å². The van der Waals surface area contributed by atoms with Crippen LogP contribution in [0.15, 0.2) is 59.6 Å². The number of rotatable bonds is 5. The van der Waals surface area contributed by atoms with Gasteiger partial charge in [0.1, 0.15) is 5.54 Å². The molecule has 34 heavy (non-hydrogen) atoms. The summed E-state index contributed by atoms with van der Waals surface area (Å²) < 4.78 is 38.0. The van der Waals surface area contributed by atoms with E-state index in [1.165, 1.54) is 24.3 Å². The second-order valence-corrected chi connectivity index (χ2v) is 9.76. The van der Waals surface area contributed by atoms with Gasteiger partial charge in [-0.15, -0.1) is 0 Å². The summed E-state index contributed by atoms with van der Waals surface area (Å²) in [6, 6.07) is 12.5. The molecule has 1 aliphatic carbocycles. The highest BCUT2D eigenvalue weighted by Gasteiger charge is 2.65. The van der Waals surface area contributed by atoms with Crippen molar-refractivity contribution >= 4 is 46.0 Å². The minimum absolute atomic E-state index is 0.00666. The molecule has 1 aromatic heterocycles. The molecule has 2 aliphatic rings. The first-order valence-corrected chi connectivity index (χ1v) is 11.5. The Kier molecular flexibility index (Phi) is 5.23. The summed E-state index contributed by atoms with van der Waals surface area (Å²) in [6.45, 7) is 0.229. The number of pyridine rings is 1. The van der Waals surface area contributed by atoms with Crippen LogP contribution in [0.3, 0.4) is 0 Å². The van der Waals surface area contributed by atoms with Crippen LogP contribution in [0.4, 0.5) is 29.3 Å². The number of amides is 3. The Morgan fingerprint density at radius 1 is 1.06 bits per heavy atom. The van der Waals surface area contributed by atoms with Crippen LogP contribution >= 0.6 is 11.8 Å². The Balaban J connectivity index is 1.48. The number of halogens is 3. The van der Waals surface area contributed by atoms with E-state index >= 15 is 0 Å². The van der Waals surface area contributed by atoms with Gasteiger partial charge in [0.05, 0.1) is 11.2 Å². The van der Waals surface area contributed by atoms with Crippen LogP contribution in [0.1, 0.15) is 18.4 Å². The normalized spacial score (nSPS) is 17.2. The lowest BCUT2D eigenvalue weighted by molar-refractivity contribution is -0.120. The maximum absolute atomic E-state index is 13.5. The van der Waals surface area contributed by atoms with E-state index in [0.717, 1.165) is 27.1 Å². The molecule has 1 aliphatic heterocycles. The van der Waals surface area contributed by atoms with Gasteiger partial charge in [-0.05, 0) is 72.6 Å². The van der Waals surface area contributed by atoms with Crippen molar-refractivity contribution in [3.05, 3.63) is 60.3 Å². The monoisotopic (exact) mass is 486 g/mol. The van der Waals surface area contributed by atoms with Gasteiger partial charge in [-0.1, -0.05) is 6.07 Å². The summed E-state index contributed by atoms with van der Waals surface area (Å²) in [6.07, 6.45) is 2.80. The third kappa shape index (κ3) is 3.75. The highest BCUT2D eigenvalue weighted by molar-refractivity contribution is 8.00. The number of imide groups is 1. The second kappa shape index (κ2) is 7.90. The molecule has 0 N–H and O–H groups in total. The molecule has 0 unspecified atom stereocenters. The Morgan fingerprint density at radius 3 is 2.38 bits per heavy atom. The molecule has 10 heteroatoms. The quantitative estimate of drug-likeness (QED) is 0.356. The summed E-state index contributed by atoms with van der Waals surface area (Å²) >= 11 is -0.236. The molecule has 1 spiro atoms. The molecule has 0 atom stereocenters. The molecular formula is C24H21F3N4O2S. The summed E-state index contributed by atoms with van der Waals surface area (Å²) in [4.78, 5) is 35.9. The van der Waals surface area contributed by atoms with Gasteiger partial charge in [0, 0.05) is 42.8 Å². The first-order valence-electron chi connectivity index (χ1n) is 10.7. The number of aromatic nitrogens is 1. The van der Waals surface area contributed by atoms with E-state index in [2.05, 4.69) is 4.98 Å². The number of carbonyl (C=O) groups is 2. The minimum atomic E-state index is -4.41. The highest BCUT2D eigenvalue weighted by atomic mass is 32.2. The van der Waals surface area contributed by atoms with Crippen LogP contribution in [-0.2, 0) is 11.3 Å². The topological polar surface area (TPSA) is 56.8 Å². The van der Waals surface area contributed by atoms with E-state index in [9.17, 15) is 22.8 Å². The summed E-state index contributed by atoms with van der Waals surface area (Å²) in [7, 11) is 3.86. The summed E-state index contributed by atoms with van der Waals surface area (Å²) in [5.74, 6) is -0.333. The molecule has 2 heterocycles. The van der Waals surface area contributed by atoms with Gasteiger partial charge in [-0.2, -0.15) is 13.2 Å². The number of carbonyl (C=O) groups excluding carboxylic acids is 2. The molecule has 5 rings (SSSR count). The third-order valence-corrected chi connectivity index (χ3v) is 6.97. The fraction of sp³-hybridized carbons (Fsp3) is 0.292. The molecule has 1 saturated heterocycles. The number of benzene rings is 2. The van der Waals surface area contributed by atoms with Crippen molar-refractivity contribution in [2.75, 3.05) is 23.9 Å². The predicted octanol–water partition coefficient (Wildman–Crippen LogP) is 5.41. The molecular weight excluding hydrogens is 465 g/mol. The fourth-order valence-corrected chi connectivity index (χ4v) is 5.03. The molecule has 2 aromatic carbocycles. The highest BCUT2D eigenvalue weighted by Crippen LogP contribution is 2.50. The number of hydrogen-bond donors (Lipinski definition) is 0. The number of urea groups is 1. The molecule has 176 valence electrons. The van der Waals surface area contributed by atoms with Crippen molar-refractivity contribution < 1.29 is 22.8 Å². The Morgan fingerprint density at radius 2 is 1.76 bits per heavy atom. The van der Waals surface area contributed by atoms with Crippen molar-refractivity contribution in [2.24, 2.45) is 0 Å². The lowest BCUT2D eigenvalue weighted by Crippen LogP contribution is -2.36. The zero-order chi connectivity index (χ0) is 24.3. The molecule has 3 amide bonds. The Hall–Kier alpha value is -3.27. The van der Waals surface area contributed by atoms with Gasteiger partial charge in [-0.25, -0.2) is 9.69 Å². The number of anilines is 2. The van der Waals surface area contributed by atoms with Gasteiger partial charge in [-0.3, -0.25) is 9.78 Å².